The Morgan fingerprint density at radius 3 is 1.04 bits per heavy atom. The molecule has 18 aromatic rings. The topological polar surface area (TPSA) is 401 Å². The van der Waals surface area contributed by atoms with Gasteiger partial charge in [0.2, 0.25) is 30.1 Å². The van der Waals surface area contributed by atoms with Crippen molar-refractivity contribution >= 4 is 165 Å². The summed E-state index contributed by atoms with van der Waals surface area (Å²) in [7, 11) is -3.86. The molecule has 0 atom stereocenters. The molecular formula is C105H86BBrF9N15O15S3. The van der Waals surface area contributed by atoms with E-state index in [0.29, 0.717) is 77.5 Å². The highest BCUT2D eigenvalue weighted by Crippen LogP contribution is 2.48. The molecule has 4 amide bonds. The first-order valence-electron chi connectivity index (χ1n) is 44.8. The van der Waals surface area contributed by atoms with E-state index in [2.05, 4.69) is 46.8 Å². The van der Waals surface area contributed by atoms with Crippen molar-refractivity contribution in [2.75, 3.05) is 74.0 Å². The number of rotatable bonds is 19. The molecule has 0 saturated carbocycles. The Labute approximate surface area is 854 Å². The van der Waals surface area contributed by atoms with Gasteiger partial charge >= 0.3 is 7.12 Å². The van der Waals surface area contributed by atoms with Gasteiger partial charge in [-0.3, -0.25) is 45.8 Å². The Kier molecular flexibility index (Phi) is 28.4. The number of nitrogens with two attached hydrogens (primary N) is 1. The van der Waals surface area contributed by atoms with Crippen molar-refractivity contribution < 1.29 is 107 Å². The van der Waals surface area contributed by atoms with Crippen LogP contribution in [0.3, 0.4) is 0 Å². The smallest absolute Gasteiger partial charge is 0.455 e. The van der Waals surface area contributed by atoms with Gasteiger partial charge in [0, 0.05) is 131 Å². The first-order valence-corrected chi connectivity index (χ1v) is 51.2. The van der Waals surface area contributed by atoms with Crippen molar-refractivity contribution in [2.24, 2.45) is 5.73 Å². The van der Waals surface area contributed by atoms with E-state index < -0.39 is 124 Å². The summed E-state index contributed by atoms with van der Waals surface area (Å²) in [5.41, 5.74) is 9.92. The van der Waals surface area contributed by atoms with Crippen molar-refractivity contribution in [1.82, 2.24) is 44.6 Å². The Balaban J connectivity index is 0.000000146. The molecule has 7 heterocycles. The van der Waals surface area contributed by atoms with Crippen molar-refractivity contribution in [1.29, 1.82) is 10.5 Å². The summed E-state index contributed by atoms with van der Waals surface area (Å²) in [5, 5.41) is 27.1. The van der Waals surface area contributed by atoms with E-state index in [1.165, 1.54) is 205 Å². The molecule has 5 N–H and O–H groups in total. The van der Waals surface area contributed by atoms with E-state index in [-0.39, 0.29) is 140 Å². The molecule has 0 unspecified atom stereocenters. The number of sulfonamides is 3. The van der Waals surface area contributed by atoms with Crippen LogP contribution in [-0.4, -0.2) is 157 Å². The first kappa shape index (κ1) is 105. The van der Waals surface area contributed by atoms with E-state index in [4.69, 9.17) is 33.6 Å². The quantitative estimate of drug-likeness (QED) is 0.0431. The van der Waals surface area contributed by atoms with Gasteiger partial charge in [-0.25, -0.2) is 79.7 Å². The summed E-state index contributed by atoms with van der Waals surface area (Å²) in [6.07, 6.45) is 3.09. The highest BCUT2D eigenvalue weighted by Gasteiger charge is 2.53. The van der Waals surface area contributed by atoms with Crippen LogP contribution in [0.2, 0.25) is 0 Å². The monoisotopic (exact) mass is 2150 g/mol. The fourth-order valence-corrected chi connectivity index (χ4v) is 19.1. The third-order valence-electron chi connectivity index (χ3n) is 25.5. The van der Waals surface area contributed by atoms with Crippen molar-refractivity contribution in [3.8, 4) is 85.4 Å². The molecule has 0 aliphatic carbocycles. The van der Waals surface area contributed by atoms with Crippen LogP contribution in [0.5, 0.6) is 0 Å². The minimum atomic E-state index is -3.87. The SMILES string of the molecule is CNC(=O)c1c(-c2ccc(F)cc2)oc2cc(N(C)S(C)(=O)=O)c(-c3cc(F)c4nc(C)n(-c5ccc(F)c(C#N)c5)c4c3)cc12.CNC(=O)c1c(-c2ccc(F)cc2)oc2cc(N(C)S(C)(=O)=O)c(-c3cc(F)c4nc(C)n(-c5ccc(F)c(C(N)=O)c5)c4c3)cc12.CNC(=O)c1c(-c2ccc(F)cc2)oc2cc(N(C)S(C)(=O)=O)c(B3OC(C)(C)C(C)(C)O3)cc12.Cc1nc2c(F)cc(Br)cc2n1-c1ccc(F)c(C#N)c1. The van der Waals surface area contributed by atoms with Gasteiger partial charge in [-0.05, 0) is 242 Å². The van der Waals surface area contributed by atoms with Gasteiger partial charge < -0.3 is 44.2 Å². The summed E-state index contributed by atoms with van der Waals surface area (Å²) < 4.78 is 244. The number of aromatic nitrogens is 6. The number of carbonyl (C=O) groups is 4. The van der Waals surface area contributed by atoms with Crippen LogP contribution >= 0.6 is 15.9 Å². The number of furan rings is 3. The average molecular weight is 2160 g/mol. The number of imidazole rings is 3. The number of fused-ring (bicyclic) bond motifs is 6. The first-order chi connectivity index (χ1) is 70.2. The second-order valence-corrected chi connectivity index (χ2v) is 42.5. The highest BCUT2D eigenvalue weighted by molar-refractivity contribution is 9.10. The molecule has 6 aromatic heterocycles. The number of hydrogen-bond donors (Lipinski definition) is 4. The van der Waals surface area contributed by atoms with Crippen LogP contribution in [0.15, 0.2) is 218 Å². The standard InChI is InChI=1S/C33H26F3N5O5S.C33H24F3N5O4S.C24H28BFN2O6S.C15H8BrF2N3/c1-16-39-30-25(36)11-18(12-27(30)41(16)20-9-10-24(35)22(13-20)32(37)42)21-14-23-28(15-26(21)40(3)47(4,44)45)46-31(29(23)33(43)38-2)17-5-7-19(34)8-6-17;1-17-39-31-26(36)12-19(13-28(31)41(17)22-9-10-25(35)20(11-22)16-37)23-14-24-29(15-27(23)40(3)46(4,43)44)45-32(30(24)33(42)38-2)18-5-7-21(34)8-6-18;1-23(2)24(3,4)34-25(33-23)17-12-16-19(13-18(17)28(6)35(7,30)31)32-21(20(16)22(29)27-5)14-8-10-15(26)11-9-14;1-8-20-15-13(18)5-10(16)6-14(15)21(8)11-2-3-12(17)9(4-11)7-19/h5-15H,1-4H3,(H2,37,42)(H,38,43);5-15H,1-4H3,(H,38,42);8-13H,1-7H3,(H,27,29);2-6H,1H3. The molecule has 1 aliphatic heterocycles. The lowest BCUT2D eigenvalue weighted by molar-refractivity contribution is 0.00578. The number of carbonyl (C=O) groups excluding carboxylic acids is 4. The Morgan fingerprint density at radius 1 is 0.403 bits per heavy atom. The third kappa shape index (κ3) is 20.1. The Morgan fingerprint density at radius 2 is 0.711 bits per heavy atom. The second-order valence-electron chi connectivity index (χ2n) is 35.6. The van der Waals surface area contributed by atoms with Gasteiger partial charge in [-0.15, -0.1) is 0 Å². The molecule has 1 fully saturated rings. The summed E-state index contributed by atoms with van der Waals surface area (Å²) in [5.74, 6) is -6.23. The lowest BCUT2D eigenvalue weighted by Crippen LogP contribution is -2.41. The molecule has 30 nitrogen and oxygen atoms in total. The lowest BCUT2D eigenvalue weighted by Gasteiger charge is -2.32. The number of nitrogens with zero attached hydrogens (tertiary/aromatic N) is 11. The molecule has 762 valence electrons. The Bertz CT molecular complexity index is 9090. The zero-order valence-corrected chi connectivity index (χ0v) is 85.8. The molecule has 149 heavy (non-hydrogen) atoms. The van der Waals surface area contributed by atoms with E-state index in [9.17, 15) is 80.4 Å². The van der Waals surface area contributed by atoms with E-state index in [1.807, 2.05) is 27.7 Å². The normalized spacial score (nSPS) is 12.8. The predicted octanol–water partition coefficient (Wildman–Crippen LogP) is 19.7. The Hall–Kier alpha value is -16.4. The van der Waals surface area contributed by atoms with Crippen LogP contribution in [0.25, 0.3) is 139 Å². The fraction of sp³-hybridized carbons (Fsp3) is 0.171. The van der Waals surface area contributed by atoms with Crippen molar-refractivity contribution in [2.45, 2.75) is 59.7 Å². The number of halogens is 10. The largest absolute Gasteiger partial charge is 0.497 e. The maximum atomic E-state index is 15.9. The molecule has 44 heteroatoms. The van der Waals surface area contributed by atoms with Gasteiger partial charge in [-0.2, -0.15) is 10.5 Å². The minimum absolute atomic E-state index is 0.00358. The molecule has 19 rings (SSSR count). The fourth-order valence-electron chi connectivity index (χ4n) is 17.2. The summed E-state index contributed by atoms with van der Waals surface area (Å²) in [6.45, 7) is 12.5. The van der Waals surface area contributed by atoms with Crippen molar-refractivity contribution in [3.63, 3.8) is 0 Å². The van der Waals surface area contributed by atoms with E-state index in [1.54, 1.807) is 72.4 Å². The zero-order chi connectivity index (χ0) is 108. The molecule has 12 aromatic carbocycles. The molecule has 1 saturated heterocycles. The van der Waals surface area contributed by atoms with Gasteiger partial charge in [0.15, 0.2) is 17.5 Å². The average Bonchev–Trinajstić information content (AvgIpc) is 1.60. The molecule has 0 spiro atoms. The number of amides is 4. The lowest BCUT2D eigenvalue weighted by atomic mass is 9.77. The summed E-state index contributed by atoms with van der Waals surface area (Å²) >= 11 is 3.25. The number of hydrogen-bond acceptors (Lipinski definition) is 20. The van der Waals surface area contributed by atoms with Crippen LogP contribution in [0, 0.1) is 95.8 Å². The number of nitrogens with one attached hydrogen (secondary N) is 3. The van der Waals surface area contributed by atoms with Gasteiger partial charge in [0.25, 0.3) is 23.6 Å². The highest BCUT2D eigenvalue weighted by atomic mass is 79.9. The number of benzene rings is 12. The maximum absolute atomic E-state index is 15.9. The van der Waals surface area contributed by atoms with E-state index >= 15 is 8.78 Å². The number of aryl methyl sites for hydroxylation is 3. The van der Waals surface area contributed by atoms with Crippen LogP contribution < -0.4 is 40.1 Å². The molecular weight excluding hydrogens is 2070 g/mol. The second kappa shape index (κ2) is 40.1. The molecule has 0 radical (unpaired) electrons. The zero-order valence-electron chi connectivity index (χ0n) is 81.8. The molecule has 1 aliphatic rings. The van der Waals surface area contributed by atoms with Gasteiger partial charge in [0.1, 0.15) is 115 Å². The van der Waals surface area contributed by atoms with Crippen LogP contribution in [0.1, 0.15) is 97.7 Å². The third-order valence-corrected chi connectivity index (χ3v) is 29.5. The number of anilines is 3. The summed E-state index contributed by atoms with van der Waals surface area (Å²) in [6, 6.07) is 49.2. The number of nitriles is 2. The number of primary amides is 1. The predicted molar refractivity (Wildman–Crippen MR) is 551 cm³/mol. The molecule has 0 bridgehead atoms. The van der Waals surface area contributed by atoms with Gasteiger partial charge in [-0.1, -0.05) is 15.9 Å². The van der Waals surface area contributed by atoms with Crippen LogP contribution in [-0.2, 0) is 39.4 Å². The maximum Gasteiger partial charge on any atom is 0.497 e. The van der Waals surface area contributed by atoms with Gasteiger partial charge in [0.05, 0.1) is 97.0 Å². The van der Waals surface area contributed by atoms with Crippen molar-refractivity contribution in [3.05, 3.63) is 308 Å². The minimum Gasteiger partial charge on any atom is -0.455 e. The summed E-state index contributed by atoms with van der Waals surface area (Å²) in [4.78, 5) is 64.1. The van der Waals surface area contributed by atoms with Crippen LogP contribution in [0.4, 0.5) is 56.6 Å². The van der Waals surface area contributed by atoms with E-state index in [0.717, 1.165) is 43.8 Å².